The molecule has 0 bridgehead atoms. The van der Waals surface area contributed by atoms with Crippen LogP contribution in [0.25, 0.3) is 0 Å². The van der Waals surface area contributed by atoms with E-state index in [9.17, 15) is 9.59 Å². The van der Waals surface area contributed by atoms with E-state index in [1.165, 1.54) is 0 Å². The van der Waals surface area contributed by atoms with Gasteiger partial charge in [-0.3, -0.25) is 15.0 Å². The summed E-state index contributed by atoms with van der Waals surface area (Å²) >= 11 is 6.09. The Morgan fingerprint density at radius 3 is 2.86 bits per heavy atom. The fourth-order valence-corrected chi connectivity index (χ4v) is 2.45. The number of hydrogen-bond acceptors (Lipinski definition) is 5. The molecule has 0 aliphatic carbocycles. The van der Waals surface area contributed by atoms with Crippen molar-refractivity contribution in [2.45, 2.75) is 19.4 Å². The first-order chi connectivity index (χ1) is 10.0. The number of hydrazine groups is 1. The van der Waals surface area contributed by atoms with Crippen LogP contribution in [-0.2, 0) is 9.59 Å². The summed E-state index contributed by atoms with van der Waals surface area (Å²) < 4.78 is 10.4. The summed E-state index contributed by atoms with van der Waals surface area (Å²) in [6.07, 6.45) is 0.387. The van der Waals surface area contributed by atoms with Crippen molar-refractivity contribution >= 4 is 29.1 Å². The third kappa shape index (κ3) is 2.88. The normalized spacial score (nSPS) is 20.5. The Balaban J connectivity index is 1.66. The Hall–Kier alpha value is -1.99. The minimum Gasteiger partial charge on any atom is -0.454 e. The number of nitrogens with zero attached hydrogens (tertiary/aromatic N) is 1. The molecular formula is C13H14ClN3O4. The predicted octanol–water partition coefficient (Wildman–Crippen LogP) is 1.13. The molecule has 2 amide bonds. The average molecular weight is 312 g/mol. The minimum atomic E-state index is -0.273. The van der Waals surface area contributed by atoms with Gasteiger partial charge in [0.2, 0.25) is 18.6 Å². The monoisotopic (exact) mass is 311 g/mol. The number of amides is 2. The molecule has 1 atom stereocenters. The van der Waals surface area contributed by atoms with Crippen molar-refractivity contribution < 1.29 is 19.1 Å². The van der Waals surface area contributed by atoms with Crippen molar-refractivity contribution in [1.82, 2.24) is 10.4 Å². The maximum Gasteiger partial charge on any atom is 0.240 e. The highest BCUT2D eigenvalue weighted by Crippen LogP contribution is 2.39. The lowest BCUT2D eigenvalue weighted by molar-refractivity contribution is -0.122. The number of fused-ring (bicyclic) bond motifs is 1. The first-order valence-corrected chi connectivity index (χ1v) is 6.86. The van der Waals surface area contributed by atoms with Gasteiger partial charge in [-0.2, -0.15) is 0 Å². The second-order valence-electron chi connectivity index (χ2n) is 4.95. The van der Waals surface area contributed by atoms with Crippen molar-refractivity contribution in [3.8, 4) is 11.5 Å². The number of halogens is 1. The van der Waals surface area contributed by atoms with Crippen LogP contribution in [0.4, 0.5) is 5.69 Å². The zero-order valence-corrected chi connectivity index (χ0v) is 12.1. The molecule has 0 radical (unpaired) electrons. The second kappa shape index (κ2) is 5.42. The van der Waals surface area contributed by atoms with E-state index >= 15 is 0 Å². The van der Waals surface area contributed by atoms with Crippen LogP contribution in [0.3, 0.4) is 0 Å². The number of carbonyl (C=O) groups is 2. The molecule has 7 nitrogen and oxygen atoms in total. The van der Waals surface area contributed by atoms with E-state index < -0.39 is 0 Å². The molecule has 0 spiro atoms. The zero-order valence-electron chi connectivity index (χ0n) is 11.3. The number of anilines is 1. The van der Waals surface area contributed by atoms with Crippen molar-refractivity contribution in [3.63, 3.8) is 0 Å². The lowest BCUT2D eigenvalue weighted by Gasteiger charge is -2.19. The molecule has 1 fully saturated rings. The van der Waals surface area contributed by atoms with Crippen LogP contribution < -0.4 is 20.2 Å². The Morgan fingerprint density at radius 1 is 1.48 bits per heavy atom. The van der Waals surface area contributed by atoms with Gasteiger partial charge in [-0.25, -0.2) is 5.01 Å². The molecule has 8 heteroatoms. The number of carbonyl (C=O) groups excluding carboxylic acids is 2. The molecule has 2 aliphatic rings. The van der Waals surface area contributed by atoms with Gasteiger partial charge in [-0.1, -0.05) is 11.6 Å². The molecule has 0 aromatic heterocycles. The summed E-state index contributed by atoms with van der Waals surface area (Å²) in [5.41, 5.74) is 3.08. The molecule has 1 saturated heterocycles. The van der Waals surface area contributed by atoms with Crippen molar-refractivity contribution in [1.29, 1.82) is 0 Å². The number of benzene rings is 1. The summed E-state index contributed by atoms with van der Waals surface area (Å²) in [4.78, 5) is 23.3. The highest BCUT2D eigenvalue weighted by molar-refractivity contribution is 6.34. The zero-order chi connectivity index (χ0) is 15.0. The Kier molecular flexibility index (Phi) is 3.60. The summed E-state index contributed by atoms with van der Waals surface area (Å²) in [6, 6.07) is 3.20. The van der Waals surface area contributed by atoms with E-state index in [1.54, 1.807) is 17.1 Å². The van der Waals surface area contributed by atoms with E-state index in [0.29, 0.717) is 28.6 Å². The van der Waals surface area contributed by atoms with Crippen LogP contribution in [0.5, 0.6) is 11.5 Å². The Morgan fingerprint density at radius 2 is 2.19 bits per heavy atom. The summed E-state index contributed by atoms with van der Waals surface area (Å²) in [7, 11) is 0. The molecule has 1 aromatic rings. The summed E-state index contributed by atoms with van der Waals surface area (Å²) in [6.45, 7) is 2.07. The molecule has 21 heavy (non-hydrogen) atoms. The number of nitrogens with one attached hydrogen (secondary N) is 2. The van der Waals surface area contributed by atoms with Gasteiger partial charge in [0.25, 0.3) is 0 Å². The number of ether oxygens (including phenoxy) is 2. The fourth-order valence-electron chi connectivity index (χ4n) is 2.25. The maximum atomic E-state index is 12.0. The molecule has 1 aromatic carbocycles. The average Bonchev–Trinajstić information content (AvgIpc) is 2.96. The van der Waals surface area contributed by atoms with Gasteiger partial charge < -0.3 is 14.8 Å². The molecule has 2 heterocycles. The van der Waals surface area contributed by atoms with E-state index in [4.69, 9.17) is 21.1 Å². The highest BCUT2D eigenvalue weighted by atomic mass is 35.5. The third-order valence-electron chi connectivity index (χ3n) is 3.33. The van der Waals surface area contributed by atoms with Gasteiger partial charge in [0.1, 0.15) is 0 Å². The molecule has 112 valence electrons. The van der Waals surface area contributed by atoms with E-state index in [1.807, 2.05) is 6.92 Å². The lowest BCUT2D eigenvalue weighted by atomic mass is 10.2. The van der Waals surface area contributed by atoms with Crippen molar-refractivity contribution in [2.24, 2.45) is 0 Å². The van der Waals surface area contributed by atoms with Crippen molar-refractivity contribution in [3.05, 3.63) is 17.2 Å². The molecular weight excluding hydrogens is 298 g/mol. The predicted molar refractivity (Wildman–Crippen MR) is 75.1 cm³/mol. The first kappa shape index (κ1) is 14.0. The van der Waals surface area contributed by atoms with Gasteiger partial charge in [0.05, 0.1) is 17.3 Å². The molecule has 2 aliphatic heterocycles. The van der Waals surface area contributed by atoms with Crippen LogP contribution in [0.1, 0.15) is 13.3 Å². The largest absolute Gasteiger partial charge is 0.454 e. The Bertz CT molecular complexity index is 607. The summed E-state index contributed by atoms with van der Waals surface area (Å²) in [5.74, 6) is 0.734. The van der Waals surface area contributed by atoms with Gasteiger partial charge in [-0.15, -0.1) is 0 Å². The number of rotatable bonds is 3. The van der Waals surface area contributed by atoms with Crippen LogP contribution in [0.15, 0.2) is 12.1 Å². The third-order valence-corrected chi connectivity index (χ3v) is 3.64. The lowest BCUT2D eigenvalue weighted by Crippen LogP contribution is -2.42. The summed E-state index contributed by atoms with van der Waals surface area (Å²) in [5, 5.41) is 4.67. The standard InChI is InChI=1S/C13H14ClN3O4/c1-7-2-12(18)16-17(7)5-13(19)15-9-4-11-10(3-8(9)14)20-6-21-11/h3-4,7H,2,5-6H2,1H3,(H,15,19)(H,16,18). The smallest absolute Gasteiger partial charge is 0.240 e. The SMILES string of the molecule is CC1CC(=O)NN1CC(=O)Nc1cc2c(cc1Cl)OCO2. The van der Waals surface area contributed by atoms with E-state index in [-0.39, 0.29) is 31.2 Å². The molecule has 1 unspecified atom stereocenters. The quantitative estimate of drug-likeness (QED) is 0.875. The fraction of sp³-hybridized carbons (Fsp3) is 0.385. The topological polar surface area (TPSA) is 79.9 Å². The minimum absolute atomic E-state index is 0.0181. The van der Waals surface area contributed by atoms with Crippen LogP contribution >= 0.6 is 11.6 Å². The van der Waals surface area contributed by atoms with Crippen LogP contribution in [0, 0.1) is 0 Å². The van der Waals surface area contributed by atoms with Gasteiger partial charge in [0, 0.05) is 24.6 Å². The van der Waals surface area contributed by atoms with Crippen LogP contribution in [-0.4, -0.2) is 36.2 Å². The van der Waals surface area contributed by atoms with Gasteiger partial charge in [0.15, 0.2) is 11.5 Å². The van der Waals surface area contributed by atoms with Gasteiger partial charge in [-0.05, 0) is 6.92 Å². The second-order valence-corrected chi connectivity index (χ2v) is 5.36. The van der Waals surface area contributed by atoms with Gasteiger partial charge >= 0.3 is 0 Å². The molecule has 0 saturated carbocycles. The molecule has 3 rings (SSSR count). The highest BCUT2D eigenvalue weighted by Gasteiger charge is 2.28. The molecule has 2 N–H and O–H groups in total. The van der Waals surface area contributed by atoms with E-state index in [2.05, 4.69) is 10.7 Å². The van der Waals surface area contributed by atoms with Crippen LogP contribution in [0.2, 0.25) is 5.02 Å². The Labute approximate surface area is 126 Å². The maximum absolute atomic E-state index is 12.0. The van der Waals surface area contributed by atoms with Crippen molar-refractivity contribution in [2.75, 3.05) is 18.7 Å². The van der Waals surface area contributed by atoms with E-state index in [0.717, 1.165) is 0 Å². The number of hydrogen-bond donors (Lipinski definition) is 2. The first-order valence-electron chi connectivity index (χ1n) is 6.48.